The first-order valence-corrected chi connectivity index (χ1v) is 7.47. The summed E-state index contributed by atoms with van der Waals surface area (Å²) in [5.74, 6) is -0.391. The molecule has 0 unspecified atom stereocenters. The summed E-state index contributed by atoms with van der Waals surface area (Å²) in [5.41, 5.74) is 8.23. The van der Waals surface area contributed by atoms with Crippen LogP contribution in [0.4, 0.5) is 17.1 Å². The predicted octanol–water partition coefficient (Wildman–Crippen LogP) is 4.61. The van der Waals surface area contributed by atoms with Gasteiger partial charge in [0.1, 0.15) is 0 Å². The molecular weight excluding hydrogens is 356 g/mol. The van der Waals surface area contributed by atoms with Crippen LogP contribution in [0.2, 0.25) is 5.02 Å². The van der Waals surface area contributed by atoms with Gasteiger partial charge >= 0.3 is 5.97 Å². The number of anilines is 3. The van der Waals surface area contributed by atoms with Crippen molar-refractivity contribution in [2.45, 2.75) is 6.92 Å². The van der Waals surface area contributed by atoms with Gasteiger partial charge in [0.25, 0.3) is 0 Å². The lowest BCUT2D eigenvalue weighted by atomic mass is 10.1. The second kappa shape index (κ2) is 6.83. The first kappa shape index (κ1) is 15.7. The van der Waals surface area contributed by atoms with Gasteiger partial charge in [0.15, 0.2) is 0 Å². The van der Waals surface area contributed by atoms with Gasteiger partial charge in [0.2, 0.25) is 0 Å². The molecule has 0 aromatic heterocycles. The van der Waals surface area contributed by atoms with Gasteiger partial charge in [-0.3, -0.25) is 0 Å². The lowest BCUT2D eigenvalue weighted by Crippen LogP contribution is -2.06. The van der Waals surface area contributed by atoms with E-state index in [1.807, 2.05) is 12.1 Å². The molecule has 0 saturated carbocycles. The predicted molar refractivity (Wildman–Crippen MR) is 89.2 cm³/mol. The van der Waals surface area contributed by atoms with Crippen molar-refractivity contribution in [2.24, 2.45) is 0 Å². The molecule has 0 aliphatic rings. The molecule has 4 nitrogen and oxygen atoms in total. The third kappa shape index (κ3) is 3.89. The molecule has 2 aromatic rings. The summed E-state index contributed by atoms with van der Waals surface area (Å²) < 4.78 is 5.82. The topological polar surface area (TPSA) is 64.3 Å². The first-order valence-electron chi connectivity index (χ1n) is 6.30. The number of benzene rings is 2. The van der Waals surface area contributed by atoms with E-state index < -0.39 is 5.97 Å². The Morgan fingerprint density at radius 3 is 2.62 bits per heavy atom. The standard InChI is InChI=1S/C15H14BrClN2O2/c1-2-21-15(20)9-3-5-14(12(18)7-9)19-13-6-4-10(16)8-11(13)17/h3-8,19H,2,18H2,1H3. The van der Waals surface area contributed by atoms with Crippen molar-refractivity contribution in [1.82, 2.24) is 0 Å². The number of carbonyl (C=O) groups excluding carboxylic acids is 1. The number of ether oxygens (including phenoxy) is 1. The summed E-state index contributed by atoms with van der Waals surface area (Å²) in [6.45, 7) is 2.08. The fourth-order valence-corrected chi connectivity index (χ4v) is 2.47. The molecule has 0 fully saturated rings. The summed E-state index contributed by atoms with van der Waals surface area (Å²) in [6.07, 6.45) is 0. The number of nitrogens with one attached hydrogen (secondary N) is 1. The summed E-state index contributed by atoms with van der Waals surface area (Å²) >= 11 is 9.50. The SMILES string of the molecule is CCOC(=O)c1ccc(Nc2ccc(Br)cc2Cl)c(N)c1. The number of nitrogens with two attached hydrogens (primary N) is 1. The van der Waals surface area contributed by atoms with Gasteiger partial charge in [0.05, 0.1) is 34.3 Å². The van der Waals surface area contributed by atoms with E-state index in [-0.39, 0.29) is 0 Å². The second-order valence-electron chi connectivity index (χ2n) is 4.27. The maximum Gasteiger partial charge on any atom is 0.338 e. The molecule has 0 saturated heterocycles. The highest BCUT2D eigenvalue weighted by atomic mass is 79.9. The summed E-state index contributed by atoms with van der Waals surface area (Å²) in [7, 11) is 0. The smallest absolute Gasteiger partial charge is 0.338 e. The molecule has 2 aromatic carbocycles. The molecule has 0 bridgehead atoms. The van der Waals surface area contributed by atoms with Crippen molar-refractivity contribution in [2.75, 3.05) is 17.7 Å². The minimum absolute atomic E-state index is 0.327. The fraction of sp³-hybridized carbons (Fsp3) is 0.133. The zero-order chi connectivity index (χ0) is 15.4. The van der Waals surface area contributed by atoms with Gasteiger partial charge in [-0.1, -0.05) is 27.5 Å². The highest BCUT2D eigenvalue weighted by molar-refractivity contribution is 9.10. The highest BCUT2D eigenvalue weighted by Crippen LogP contribution is 2.31. The normalized spacial score (nSPS) is 10.2. The average Bonchev–Trinajstić information content (AvgIpc) is 2.44. The lowest BCUT2D eigenvalue weighted by Gasteiger charge is -2.12. The zero-order valence-corrected chi connectivity index (χ0v) is 13.7. The number of hydrogen-bond donors (Lipinski definition) is 2. The molecule has 21 heavy (non-hydrogen) atoms. The Hall–Kier alpha value is -1.72. The highest BCUT2D eigenvalue weighted by Gasteiger charge is 2.10. The van der Waals surface area contributed by atoms with Crippen molar-refractivity contribution in [3.05, 3.63) is 51.5 Å². The summed E-state index contributed by atoms with van der Waals surface area (Å²) in [6, 6.07) is 10.5. The Labute approximate surface area is 136 Å². The molecule has 6 heteroatoms. The van der Waals surface area contributed by atoms with E-state index in [0.29, 0.717) is 28.6 Å². The minimum Gasteiger partial charge on any atom is -0.462 e. The zero-order valence-electron chi connectivity index (χ0n) is 11.3. The van der Waals surface area contributed by atoms with Crippen molar-refractivity contribution >= 4 is 50.6 Å². The lowest BCUT2D eigenvalue weighted by molar-refractivity contribution is 0.0526. The van der Waals surface area contributed by atoms with Crippen LogP contribution in [0.3, 0.4) is 0 Å². The minimum atomic E-state index is -0.391. The van der Waals surface area contributed by atoms with Crippen LogP contribution in [0.5, 0.6) is 0 Å². The van der Waals surface area contributed by atoms with E-state index in [4.69, 9.17) is 22.1 Å². The van der Waals surface area contributed by atoms with E-state index in [9.17, 15) is 4.79 Å². The first-order chi connectivity index (χ1) is 10.0. The van der Waals surface area contributed by atoms with Crippen molar-refractivity contribution in [3.63, 3.8) is 0 Å². The monoisotopic (exact) mass is 368 g/mol. The third-order valence-corrected chi connectivity index (χ3v) is 3.57. The van der Waals surface area contributed by atoms with Crippen LogP contribution in [0.1, 0.15) is 17.3 Å². The van der Waals surface area contributed by atoms with Gasteiger partial charge in [-0.15, -0.1) is 0 Å². The average molecular weight is 370 g/mol. The van der Waals surface area contributed by atoms with Crippen molar-refractivity contribution < 1.29 is 9.53 Å². The number of esters is 1. The molecular formula is C15H14BrClN2O2. The van der Waals surface area contributed by atoms with Crippen LogP contribution in [0, 0.1) is 0 Å². The Kier molecular flexibility index (Phi) is 5.09. The maximum absolute atomic E-state index is 11.6. The number of nitrogen functional groups attached to an aromatic ring is 1. The number of carbonyl (C=O) groups is 1. The van der Waals surface area contributed by atoms with E-state index in [1.54, 1.807) is 31.2 Å². The van der Waals surface area contributed by atoms with E-state index in [2.05, 4.69) is 21.2 Å². The van der Waals surface area contributed by atoms with Crippen LogP contribution in [-0.2, 0) is 4.74 Å². The number of rotatable bonds is 4. The van der Waals surface area contributed by atoms with E-state index in [0.717, 1.165) is 10.2 Å². The fourth-order valence-electron chi connectivity index (χ4n) is 1.75. The Morgan fingerprint density at radius 2 is 2.00 bits per heavy atom. The molecule has 0 aliphatic heterocycles. The largest absolute Gasteiger partial charge is 0.462 e. The van der Waals surface area contributed by atoms with Crippen molar-refractivity contribution in [1.29, 1.82) is 0 Å². The van der Waals surface area contributed by atoms with Gasteiger partial charge < -0.3 is 15.8 Å². The maximum atomic E-state index is 11.6. The summed E-state index contributed by atoms with van der Waals surface area (Å²) in [4.78, 5) is 11.6. The molecule has 0 heterocycles. The quantitative estimate of drug-likeness (QED) is 0.610. The molecule has 0 aliphatic carbocycles. The van der Waals surface area contributed by atoms with E-state index >= 15 is 0 Å². The van der Waals surface area contributed by atoms with E-state index in [1.165, 1.54) is 0 Å². The van der Waals surface area contributed by atoms with Crippen LogP contribution in [-0.4, -0.2) is 12.6 Å². The Bertz CT molecular complexity index is 677. The van der Waals surface area contributed by atoms with Crippen LogP contribution >= 0.6 is 27.5 Å². The van der Waals surface area contributed by atoms with Crippen molar-refractivity contribution in [3.8, 4) is 0 Å². The summed E-state index contributed by atoms with van der Waals surface area (Å²) in [5, 5.41) is 3.70. The van der Waals surface area contributed by atoms with Gasteiger partial charge in [-0.2, -0.15) is 0 Å². The molecule has 0 spiro atoms. The molecule has 110 valence electrons. The molecule has 0 radical (unpaired) electrons. The number of halogens is 2. The Morgan fingerprint density at radius 1 is 1.29 bits per heavy atom. The Balaban J connectivity index is 2.23. The second-order valence-corrected chi connectivity index (χ2v) is 5.59. The van der Waals surface area contributed by atoms with Gasteiger partial charge in [-0.05, 0) is 43.3 Å². The molecule has 0 atom stereocenters. The molecule has 2 rings (SSSR count). The third-order valence-electron chi connectivity index (χ3n) is 2.76. The van der Waals surface area contributed by atoms with Crippen LogP contribution in [0.25, 0.3) is 0 Å². The van der Waals surface area contributed by atoms with Crippen LogP contribution in [0.15, 0.2) is 40.9 Å². The number of hydrogen-bond acceptors (Lipinski definition) is 4. The van der Waals surface area contributed by atoms with Gasteiger partial charge in [-0.25, -0.2) is 4.79 Å². The van der Waals surface area contributed by atoms with Gasteiger partial charge in [0, 0.05) is 4.47 Å². The molecule has 3 N–H and O–H groups in total. The molecule has 0 amide bonds. The van der Waals surface area contributed by atoms with Crippen LogP contribution < -0.4 is 11.1 Å².